The van der Waals surface area contributed by atoms with Crippen molar-refractivity contribution in [2.75, 3.05) is 46.4 Å². The van der Waals surface area contributed by atoms with E-state index in [1.807, 2.05) is 7.05 Å². The number of ether oxygens (including phenoxy) is 1. The lowest BCUT2D eigenvalue weighted by molar-refractivity contribution is 0.0132. The topological polar surface area (TPSA) is 61.8 Å². The van der Waals surface area contributed by atoms with Crippen molar-refractivity contribution in [1.29, 1.82) is 0 Å². The van der Waals surface area contributed by atoms with Gasteiger partial charge in [-0.1, -0.05) is 13.8 Å². The molecule has 8 heteroatoms. The van der Waals surface area contributed by atoms with Gasteiger partial charge in [-0.2, -0.15) is 0 Å². The fourth-order valence-electron chi connectivity index (χ4n) is 3.22. The van der Waals surface area contributed by atoms with Gasteiger partial charge in [0.2, 0.25) is 0 Å². The third-order valence-corrected chi connectivity index (χ3v) is 5.87. The van der Waals surface area contributed by atoms with Crippen molar-refractivity contribution in [3.8, 4) is 0 Å². The quantitative estimate of drug-likeness (QED) is 0.321. The molecule has 0 aromatic carbocycles. The van der Waals surface area contributed by atoms with E-state index >= 15 is 0 Å². The van der Waals surface area contributed by atoms with E-state index in [0.717, 1.165) is 57.5 Å². The van der Waals surface area contributed by atoms with Gasteiger partial charge in [-0.3, -0.25) is 9.89 Å². The molecular formula is C19H36IN5OS. The summed E-state index contributed by atoms with van der Waals surface area (Å²) in [5.74, 6) is 1.55. The third kappa shape index (κ3) is 8.62. The molecule has 1 unspecified atom stereocenters. The largest absolute Gasteiger partial charge is 0.379 e. The van der Waals surface area contributed by atoms with Gasteiger partial charge in [0.15, 0.2) is 5.96 Å². The van der Waals surface area contributed by atoms with Gasteiger partial charge in [-0.25, -0.2) is 4.98 Å². The lowest BCUT2D eigenvalue weighted by atomic mass is 10.0. The number of aryl methyl sites for hydroxylation is 2. The summed E-state index contributed by atoms with van der Waals surface area (Å²) in [4.78, 5) is 12.8. The van der Waals surface area contributed by atoms with Gasteiger partial charge in [-0.05, 0) is 26.2 Å². The molecule has 6 nitrogen and oxygen atoms in total. The highest BCUT2D eigenvalue weighted by atomic mass is 127. The SMILES string of the molecule is CN=C(NCCc1nc(C)c(C)s1)NCC(CC(C)C)N1CCOCC1.I. The number of halogens is 1. The molecule has 2 N–H and O–H groups in total. The van der Waals surface area contributed by atoms with Crippen LogP contribution < -0.4 is 10.6 Å². The molecule has 0 radical (unpaired) electrons. The summed E-state index contributed by atoms with van der Waals surface area (Å²) < 4.78 is 5.50. The summed E-state index contributed by atoms with van der Waals surface area (Å²) in [6.45, 7) is 14.3. The highest BCUT2D eigenvalue weighted by Gasteiger charge is 2.22. The molecule has 1 aromatic rings. The first-order valence-electron chi connectivity index (χ1n) is 9.68. The van der Waals surface area contributed by atoms with E-state index in [9.17, 15) is 0 Å². The average Bonchev–Trinajstić information content (AvgIpc) is 2.95. The predicted octanol–water partition coefficient (Wildman–Crippen LogP) is 2.83. The second-order valence-electron chi connectivity index (χ2n) is 7.31. The summed E-state index contributed by atoms with van der Waals surface area (Å²) in [6.07, 6.45) is 2.11. The first-order chi connectivity index (χ1) is 12.5. The van der Waals surface area contributed by atoms with Crippen LogP contribution in [0.5, 0.6) is 0 Å². The number of aliphatic imine (C=N–C) groups is 1. The van der Waals surface area contributed by atoms with Crippen LogP contribution in [-0.4, -0.2) is 68.3 Å². The fraction of sp³-hybridized carbons (Fsp3) is 0.789. The molecule has 0 aliphatic carbocycles. The molecule has 156 valence electrons. The van der Waals surface area contributed by atoms with E-state index in [4.69, 9.17) is 4.74 Å². The molecule has 1 aliphatic rings. The Bertz CT molecular complexity index is 553. The second kappa shape index (κ2) is 12.9. The summed E-state index contributed by atoms with van der Waals surface area (Å²) in [5.41, 5.74) is 1.15. The Labute approximate surface area is 185 Å². The lowest BCUT2D eigenvalue weighted by Crippen LogP contribution is -2.51. The summed E-state index contributed by atoms with van der Waals surface area (Å²) in [5, 5.41) is 8.12. The molecule has 1 saturated heterocycles. The van der Waals surface area contributed by atoms with E-state index < -0.39 is 0 Å². The molecule has 2 rings (SSSR count). The van der Waals surface area contributed by atoms with Crippen molar-refractivity contribution in [3.63, 3.8) is 0 Å². The Kier molecular flexibility index (Phi) is 11.7. The molecule has 1 fully saturated rings. The standard InChI is InChI=1S/C19H35N5OS.HI/c1-14(2)12-17(24-8-10-25-11-9-24)13-22-19(20-5)21-7-6-18-23-15(3)16(4)26-18;/h14,17H,6-13H2,1-5H3,(H2,20,21,22);1H. The van der Waals surface area contributed by atoms with Crippen molar-refractivity contribution in [2.24, 2.45) is 10.9 Å². The van der Waals surface area contributed by atoms with E-state index in [1.54, 1.807) is 11.3 Å². The maximum absolute atomic E-state index is 5.50. The Morgan fingerprint density at radius 2 is 1.96 bits per heavy atom. The summed E-state index contributed by atoms with van der Waals surface area (Å²) in [7, 11) is 1.83. The summed E-state index contributed by atoms with van der Waals surface area (Å²) in [6, 6.07) is 0.515. The smallest absolute Gasteiger partial charge is 0.191 e. The first kappa shape index (κ1) is 24.6. The second-order valence-corrected chi connectivity index (χ2v) is 8.60. The van der Waals surface area contributed by atoms with Gasteiger partial charge >= 0.3 is 0 Å². The van der Waals surface area contributed by atoms with Gasteiger partial charge in [0.1, 0.15) is 0 Å². The van der Waals surface area contributed by atoms with Crippen LogP contribution in [0.4, 0.5) is 0 Å². The number of nitrogens with zero attached hydrogens (tertiary/aromatic N) is 3. The number of rotatable bonds is 8. The molecule has 1 atom stereocenters. The summed E-state index contributed by atoms with van der Waals surface area (Å²) >= 11 is 1.79. The monoisotopic (exact) mass is 509 g/mol. The maximum Gasteiger partial charge on any atom is 0.191 e. The molecule has 0 bridgehead atoms. The van der Waals surface area contributed by atoms with E-state index in [0.29, 0.717) is 12.0 Å². The molecule has 0 saturated carbocycles. The zero-order valence-electron chi connectivity index (χ0n) is 17.4. The van der Waals surface area contributed by atoms with Crippen molar-refractivity contribution in [1.82, 2.24) is 20.5 Å². The van der Waals surface area contributed by atoms with Crippen LogP contribution in [0.3, 0.4) is 0 Å². The van der Waals surface area contributed by atoms with Crippen molar-refractivity contribution in [2.45, 2.75) is 46.6 Å². The van der Waals surface area contributed by atoms with Gasteiger partial charge in [0, 0.05) is 50.6 Å². The van der Waals surface area contributed by atoms with Crippen molar-refractivity contribution >= 4 is 41.3 Å². The van der Waals surface area contributed by atoms with Crippen molar-refractivity contribution < 1.29 is 4.74 Å². The van der Waals surface area contributed by atoms with Gasteiger partial charge in [0.25, 0.3) is 0 Å². The van der Waals surface area contributed by atoms with Crippen LogP contribution in [0.15, 0.2) is 4.99 Å². The Hall–Kier alpha value is -0.450. The number of guanidine groups is 1. The maximum atomic E-state index is 5.50. The van der Waals surface area contributed by atoms with E-state index in [1.165, 1.54) is 16.3 Å². The van der Waals surface area contributed by atoms with E-state index in [2.05, 4.69) is 53.2 Å². The van der Waals surface area contributed by atoms with Crippen LogP contribution in [0.1, 0.15) is 35.8 Å². The van der Waals surface area contributed by atoms with Crippen LogP contribution in [-0.2, 0) is 11.2 Å². The number of hydrogen-bond donors (Lipinski definition) is 2. The first-order valence-corrected chi connectivity index (χ1v) is 10.5. The molecule has 2 heterocycles. The van der Waals surface area contributed by atoms with Crippen LogP contribution in [0, 0.1) is 19.8 Å². The lowest BCUT2D eigenvalue weighted by Gasteiger charge is -2.35. The zero-order chi connectivity index (χ0) is 18.9. The predicted molar refractivity (Wildman–Crippen MR) is 126 cm³/mol. The van der Waals surface area contributed by atoms with Gasteiger partial charge < -0.3 is 15.4 Å². The van der Waals surface area contributed by atoms with Gasteiger partial charge in [-0.15, -0.1) is 35.3 Å². The highest BCUT2D eigenvalue weighted by Crippen LogP contribution is 2.16. The number of morpholine rings is 1. The third-order valence-electron chi connectivity index (χ3n) is 4.74. The van der Waals surface area contributed by atoms with Crippen LogP contribution in [0.2, 0.25) is 0 Å². The molecule has 0 amide bonds. The Balaban J connectivity index is 0.00000364. The number of hydrogen-bond acceptors (Lipinski definition) is 5. The minimum atomic E-state index is 0. The fourth-order valence-corrected chi connectivity index (χ4v) is 4.15. The Morgan fingerprint density at radius 3 is 2.52 bits per heavy atom. The normalized spacial score (nSPS) is 16.9. The van der Waals surface area contributed by atoms with Crippen LogP contribution in [0.25, 0.3) is 0 Å². The molecular weight excluding hydrogens is 473 g/mol. The number of aromatic nitrogens is 1. The average molecular weight is 510 g/mol. The zero-order valence-corrected chi connectivity index (χ0v) is 20.5. The molecule has 1 aromatic heterocycles. The van der Waals surface area contributed by atoms with Crippen molar-refractivity contribution in [3.05, 3.63) is 15.6 Å². The minimum Gasteiger partial charge on any atom is -0.379 e. The number of thiazole rings is 1. The highest BCUT2D eigenvalue weighted by molar-refractivity contribution is 14.0. The Morgan fingerprint density at radius 1 is 1.26 bits per heavy atom. The number of nitrogens with one attached hydrogen (secondary N) is 2. The van der Waals surface area contributed by atoms with Crippen LogP contribution >= 0.6 is 35.3 Å². The minimum absolute atomic E-state index is 0. The molecule has 27 heavy (non-hydrogen) atoms. The van der Waals surface area contributed by atoms with Gasteiger partial charge in [0.05, 0.1) is 23.9 Å². The van der Waals surface area contributed by atoms with E-state index in [-0.39, 0.29) is 24.0 Å². The molecule has 1 aliphatic heterocycles. The molecule has 0 spiro atoms.